The minimum absolute atomic E-state index is 0.263. The van der Waals surface area contributed by atoms with E-state index < -0.39 is 10.0 Å². The lowest BCUT2D eigenvalue weighted by Gasteiger charge is -2.12. The molecule has 0 radical (unpaired) electrons. The first kappa shape index (κ1) is 16.5. The molecule has 1 aromatic carbocycles. The number of hydrogen-bond donors (Lipinski definition) is 0. The number of ether oxygens (including phenoxy) is 1. The topological polar surface area (TPSA) is 64.4 Å². The Balaban J connectivity index is 1.86. The number of nitrogens with zero attached hydrogens (tertiary/aromatic N) is 3. The fourth-order valence-corrected chi connectivity index (χ4v) is 2.89. The highest BCUT2D eigenvalue weighted by atomic mass is 32.2. The van der Waals surface area contributed by atoms with E-state index in [4.69, 9.17) is 4.74 Å². The second kappa shape index (κ2) is 6.93. The number of aryl methyl sites for hydroxylation is 2. The molecule has 0 fully saturated rings. The molecule has 22 heavy (non-hydrogen) atoms. The van der Waals surface area contributed by atoms with E-state index in [0.29, 0.717) is 12.4 Å². The first-order valence-electron chi connectivity index (χ1n) is 7.04. The van der Waals surface area contributed by atoms with Crippen molar-refractivity contribution in [3.63, 3.8) is 0 Å². The lowest BCUT2D eigenvalue weighted by molar-refractivity contribution is 0.301. The lowest BCUT2D eigenvalue weighted by Crippen LogP contribution is -2.22. The molecule has 0 amide bonds. The van der Waals surface area contributed by atoms with Crippen LogP contribution in [0.2, 0.25) is 0 Å². The fourth-order valence-electron chi connectivity index (χ4n) is 1.98. The van der Waals surface area contributed by atoms with E-state index >= 15 is 0 Å². The molecule has 6 nitrogen and oxygen atoms in total. The average molecular weight is 323 g/mol. The van der Waals surface area contributed by atoms with Crippen molar-refractivity contribution in [2.75, 3.05) is 20.7 Å². The largest absolute Gasteiger partial charge is 0.494 e. The molecule has 0 saturated carbocycles. The van der Waals surface area contributed by atoms with Gasteiger partial charge in [0.15, 0.2) is 0 Å². The van der Waals surface area contributed by atoms with E-state index in [0.717, 1.165) is 18.8 Å². The first-order valence-corrected chi connectivity index (χ1v) is 8.48. The number of aromatic nitrogens is 2. The lowest BCUT2D eigenvalue weighted by atomic mass is 10.3. The highest BCUT2D eigenvalue weighted by molar-refractivity contribution is 7.89. The van der Waals surface area contributed by atoms with Gasteiger partial charge in [0.25, 0.3) is 0 Å². The Bertz CT molecular complexity index is 706. The molecule has 0 atom stereocenters. The van der Waals surface area contributed by atoms with Crippen molar-refractivity contribution in [2.45, 2.75) is 24.8 Å². The minimum Gasteiger partial charge on any atom is -0.494 e. The highest BCUT2D eigenvalue weighted by Crippen LogP contribution is 2.18. The summed E-state index contributed by atoms with van der Waals surface area (Å²) in [5.41, 5.74) is 0. The molecule has 0 spiro atoms. The van der Waals surface area contributed by atoms with Gasteiger partial charge >= 0.3 is 0 Å². The predicted molar refractivity (Wildman–Crippen MR) is 84.4 cm³/mol. The number of sulfonamides is 1. The van der Waals surface area contributed by atoms with E-state index in [2.05, 4.69) is 9.55 Å². The molecule has 0 aliphatic rings. The first-order chi connectivity index (χ1) is 10.4. The summed E-state index contributed by atoms with van der Waals surface area (Å²) in [6.45, 7) is 3.38. The van der Waals surface area contributed by atoms with Gasteiger partial charge in [0, 0.05) is 33.0 Å². The molecule has 7 heteroatoms. The van der Waals surface area contributed by atoms with Crippen LogP contribution < -0.4 is 4.74 Å². The molecule has 1 heterocycles. The van der Waals surface area contributed by atoms with Crippen LogP contribution in [0, 0.1) is 6.92 Å². The standard InChI is InChI=1S/C15H21N3O3S/c1-13-16-9-11-18(13)10-4-12-21-14-5-7-15(8-6-14)22(19,20)17(2)3/h5-9,11H,4,10,12H2,1-3H3. The second-order valence-electron chi connectivity index (χ2n) is 5.13. The van der Waals surface area contributed by atoms with Gasteiger partial charge in [-0.05, 0) is 37.6 Å². The molecule has 0 aliphatic heterocycles. The summed E-state index contributed by atoms with van der Waals surface area (Å²) in [6.07, 6.45) is 4.57. The zero-order valence-corrected chi connectivity index (χ0v) is 13.9. The van der Waals surface area contributed by atoms with Crippen LogP contribution >= 0.6 is 0 Å². The van der Waals surface area contributed by atoms with Crippen molar-refractivity contribution >= 4 is 10.0 Å². The Kier molecular flexibility index (Phi) is 5.20. The van der Waals surface area contributed by atoms with Gasteiger partial charge in [0.05, 0.1) is 11.5 Å². The molecule has 0 unspecified atom stereocenters. The maximum absolute atomic E-state index is 11.9. The van der Waals surface area contributed by atoms with Crippen LogP contribution in [0.5, 0.6) is 5.75 Å². The van der Waals surface area contributed by atoms with Gasteiger partial charge in [-0.15, -0.1) is 0 Å². The monoisotopic (exact) mass is 323 g/mol. The molecule has 0 bridgehead atoms. The van der Waals surface area contributed by atoms with Gasteiger partial charge < -0.3 is 9.30 Å². The molecule has 0 N–H and O–H groups in total. The van der Waals surface area contributed by atoms with Crippen molar-refractivity contribution < 1.29 is 13.2 Å². The summed E-state index contributed by atoms with van der Waals surface area (Å²) in [5.74, 6) is 1.65. The van der Waals surface area contributed by atoms with Crippen molar-refractivity contribution in [3.05, 3.63) is 42.5 Å². The van der Waals surface area contributed by atoms with Crippen LogP contribution in [0.1, 0.15) is 12.2 Å². The maximum Gasteiger partial charge on any atom is 0.242 e. The molecule has 1 aromatic heterocycles. The van der Waals surface area contributed by atoms with Crippen molar-refractivity contribution in [2.24, 2.45) is 0 Å². The van der Waals surface area contributed by atoms with Crippen LogP contribution in [0.15, 0.2) is 41.6 Å². The second-order valence-corrected chi connectivity index (χ2v) is 7.28. The van der Waals surface area contributed by atoms with E-state index in [-0.39, 0.29) is 4.90 Å². The van der Waals surface area contributed by atoms with Gasteiger partial charge in [-0.3, -0.25) is 0 Å². The zero-order chi connectivity index (χ0) is 16.2. The molecule has 2 aromatic rings. The average Bonchev–Trinajstić information content (AvgIpc) is 2.89. The van der Waals surface area contributed by atoms with E-state index in [1.807, 2.05) is 13.1 Å². The fraction of sp³-hybridized carbons (Fsp3) is 0.400. The van der Waals surface area contributed by atoms with Crippen molar-refractivity contribution in [3.8, 4) is 5.75 Å². The Hall–Kier alpha value is -1.86. The zero-order valence-electron chi connectivity index (χ0n) is 13.1. The minimum atomic E-state index is -3.39. The molecule has 0 saturated heterocycles. The third-order valence-corrected chi connectivity index (χ3v) is 5.17. The summed E-state index contributed by atoms with van der Waals surface area (Å²) in [7, 11) is -0.362. The van der Waals surface area contributed by atoms with Crippen LogP contribution in [0.4, 0.5) is 0 Å². The molecular weight excluding hydrogens is 302 g/mol. The van der Waals surface area contributed by atoms with E-state index in [9.17, 15) is 8.42 Å². The van der Waals surface area contributed by atoms with Crippen LogP contribution in [0.25, 0.3) is 0 Å². The third kappa shape index (κ3) is 3.86. The summed E-state index contributed by atoms with van der Waals surface area (Å²) in [6, 6.07) is 6.48. The van der Waals surface area contributed by atoms with Crippen LogP contribution in [-0.2, 0) is 16.6 Å². The van der Waals surface area contributed by atoms with Gasteiger partial charge in [0.2, 0.25) is 10.0 Å². The number of rotatable bonds is 7. The molecular formula is C15H21N3O3S. The van der Waals surface area contributed by atoms with Crippen molar-refractivity contribution in [1.29, 1.82) is 0 Å². The smallest absolute Gasteiger partial charge is 0.242 e. The predicted octanol–water partition coefficient (Wildman–Crippen LogP) is 1.91. The Labute approximate surface area is 131 Å². The molecule has 2 rings (SSSR count). The third-order valence-electron chi connectivity index (χ3n) is 3.34. The maximum atomic E-state index is 11.9. The van der Waals surface area contributed by atoms with Crippen LogP contribution in [-0.4, -0.2) is 43.0 Å². The van der Waals surface area contributed by atoms with Gasteiger partial charge in [0.1, 0.15) is 11.6 Å². The number of benzene rings is 1. The quantitative estimate of drug-likeness (QED) is 0.730. The van der Waals surface area contributed by atoms with E-state index in [1.54, 1.807) is 30.5 Å². The van der Waals surface area contributed by atoms with Gasteiger partial charge in [-0.25, -0.2) is 17.7 Å². The molecule has 0 aliphatic carbocycles. The number of hydrogen-bond acceptors (Lipinski definition) is 4. The Morgan fingerprint density at radius 1 is 1.23 bits per heavy atom. The Morgan fingerprint density at radius 3 is 2.45 bits per heavy atom. The number of imidazole rings is 1. The summed E-state index contributed by atoms with van der Waals surface area (Å²) in [4.78, 5) is 4.42. The SMILES string of the molecule is Cc1nccn1CCCOc1ccc(S(=O)(=O)N(C)C)cc1. The van der Waals surface area contributed by atoms with Crippen LogP contribution in [0.3, 0.4) is 0 Å². The van der Waals surface area contributed by atoms with Gasteiger partial charge in [-0.1, -0.05) is 0 Å². The molecule has 120 valence electrons. The Morgan fingerprint density at radius 2 is 1.91 bits per heavy atom. The normalized spacial score (nSPS) is 11.8. The van der Waals surface area contributed by atoms with E-state index in [1.165, 1.54) is 18.4 Å². The summed E-state index contributed by atoms with van der Waals surface area (Å²) < 4.78 is 32.8. The van der Waals surface area contributed by atoms with Gasteiger partial charge in [-0.2, -0.15) is 0 Å². The summed E-state index contributed by atoms with van der Waals surface area (Å²) in [5, 5.41) is 0. The summed E-state index contributed by atoms with van der Waals surface area (Å²) >= 11 is 0. The highest BCUT2D eigenvalue weighted by Gasteiger charge is 2.16. The van der Waals surface area contributed by atoms with Crippen molar-refractivity contribution in [1.82, 2.24) is 13.9 Å².